The zero-order valence-electron chi connectivity index (χ0n) is 9.63. The van der Waals surface area contributed by atoms with Gasteiger partial charge in [-0.15, -0.1) is 0 Å². The molecule has 0 amide bonds. The van der Waals surface area contributed by atoms with Crippen LogP contribution in [0.15, 0.2) is 21.9 Å². The molecular formula is C11H18ClN3. The zero-order chi connectivity index (χ0) is 11.3. The molecule has 0 aromatic carbocycles. The summed E-state index contributed by atoms with van der Waals surface area (Å²) in [7, 11) is 0. The summed E-state index contributed by atoms with van der Waals surface area (Å²) < 4.78 is 0. The minimum atomic E-state index is 0.519. The van der Waals surface area contributed by atoms with Crippen molar-refractivity contribution >= 4 is 22.6 Å². The van der Waals surface area contributed by atoms with Gasteiger partial charge in [0.25, 0.3) is 0 Å². The van der Waals surface area contributed by atoms with Gasteiger partial charge in [0.2, 0.25) is 0 Å². The molecule has 1 heterocycles. The van der Waals surface area contributed by atoms with Crippen LogP contribution in [-0.4, -0.2) is 29.0 Å². The smallest absolute Gasteiger partial charge is 0.158 e. The standard InChI is InChI=1S/C11H18ClN3/c1-4-7-10-13-9(11(12)14-10)8-15(5-2)6-3/h8H,4-7H2,1-3H3/b9-8+. The predicted molar refractivity (Wildman–Crippen MR) is 66.6 cm³/mol. The van der Waals surface area contributed by atoms with E-state index in [1.54, 1.807) is 0 Å². The summed E-state index contributed by atoms with van der Waals surface area (Å²) in [4.78, 5) is 10.8. The van der Waals surface area contributed by atoms with Crippen molar-refractivity contribution in [1.29, 1.82) is 0 Å². The fraction of sp³-hybridized carbons (Fsp3) is 0.636. The van der Waals surface area contributed by atoms with Gasteiger partial charge in [-0.3, -0.25) is 0 Å². The molecular weight excluding hydrogens is 210 g/mol. The van der Waals surface area contributed by atoms with E-state index in [2.05, 4.69) is 35.7 Å². The summed E-state index contributed by atoms with van der Waals surface area (Å²) in [5.41, 5.74) is 0.795. The first-order chi connectivity index (χ1) is 7.21. The van der Waals surface area contributed by atoms with Gasteiger partial charge < -0.3 is 4.90 Å². The first-order valence-electron chi connectivity index (χ1n) is 5.49. The van der Waals surface area contributed by atoms with Gasteiger partial charge in [0, 0.05) is 25.7 Å². The number of halogens is 1. The molecule has 0 unspecified atom stereocenters. The molecule has 0 aromatic heterocycles. The third kappa shape index (κ3) is 3.34. The van der Waals surface area contributed by atoms with E-state index >= 15 is 0 Å². The van der Waals surface area contributed by atoms with E-state index in [-0.39, 0.29) is 0 Å². The molecule has 0 N–H and O–H groups in total. The number of hydrogen-bond acceptors (Lipinski definition) is 3. The lowest BCUT2D eigenvalue weighted by Gasteiger charge is -2.15. The van der Waals surface area contributed by atoms with E-state index in [0.29, 0.717) is 5.17 Å². The lowest BCUT2D eigenvalue weighted by molar-refractivity contribution is 0.417. The molecule has 1 aliphatic rings. The number of aliphatic imine (C=N–C) groups is 2. The fourth-order valence-electron chi connectivity index (χ4n) is 1.38. The second-order valence-electron chi connectivity index (χ2n) is 3.42. The molecule has 0 bridgehead atoms. The Hall–Kier alpha value is -0.830. The molecule has 0 saturated carbocycles. The normalized spacial score (nSPS) is 18.0. The van der Waals surface area contributed by atoms with Gasteiger partial charge in [-0.25, -0.2) is 9.98 Å². The van der Waals surface area contributed by atoms with Crippen molar-refractivity contribution < 1.29 is 0 Å². The van der Waals surface area contributed by atoms with Crippen molar-refractivity contribution in [2.24, 2.45) is 9.98 Å². The van der Waals surface area contributed by atoms with Crippen LogP contribution in [0, 0.1) is 0 Å². The molecule has 0 atom stereocenters. The van der Waals surface area contributed by atoms with Gasteiger partial charge in [-0.1, -0.05) is 18.5 Å². The Morgan fingerprint density at radius 2 is 1.87 bits per heavy atom. The Kier molecular flexibility index (Phi) is 4.82. The lowest BCUT2D eigenvalue weighted by atomic mass is 10.3. The Balaban J connectivity index is 2.76. The maximum absolute atomic E-state index is 6.01. The van der Waals surface area contributed by atoms with Gasteiger partial charge in [0.05, 0.1) is 0 Å². The highest BCUT2D eigenvalue weighted by molar-refractivity contribution is 6.71. The predicted octanol–water partition coefficient (Wildman–Crippen LogP) is 3.02. The second kappa shape index (κ2) is 5.91. The van der Waals surface area contributed by atoms with Crippen molar-refractivity contribution in [3.05, 3.63) is 11.9 Å². The highest BCUT2D eigenvalue weighted by atomic mass is 35.5. The third-order valence-corrected chi connectivity index (χ3v) is 2.56. The summed E-state index contributed by atoms with van der Waals surface area (Å²) in [6.45, 7) is 8.25. The van der Waals surface area contributed by atoms with Crippen LogP contribution in [0.2, 0.25) is 0 Å². The molecule has 0 aromatic rings. The van der Waals surface area contributed by atoms with Crippen molar-refractivity contribution in [2.45, 2.75) is 33.6 Å². The summed E-state index contributed by atoms with van der Waals surface area (Å²) in [5, 5.41) is 0.519. The van der Waals surface area contributed by atoms with Crippen LogP contribution in [0.3, 0.4) is 0 Å². The minimum Gasteiger partial charge on any atom is -0.376 e. The van der Waals surface area contributed by atoms with Crippen LogP contribution < -0.4 is 0 Å². The van der Waals surface area contributed by atoms with Crippen molar-refractivity contribution in [3.8, 4) is 0 Å². The number of hydrogen-bond donors (Lipinski definition) is 0. The van der Waals surface area contributed by atoms with Crippen LogP contribution in [0.5, 0.6) is 0 Å². The highest BCUT2D eigenvalue weighted by Crippen LogP contribution is 2.16. The second-order valence-corrected chi connectivity index (χ2v) is 3.77. The number of allylic oxidation sites excluding steroid dienone is 1. The van der Waals surface area contributed by atoms with Crippen LogP contribution in [0.1, 0.15) is 33.6 Å². The summed E-state index contributed by atoms with van der Waals surface area (Å²) in [5.74, 6) is 0.848. The van der Waals surface area contributed by atoms with Gasteiger partial charge in [-0.05, 0) is 20.3 Å². The molecule has 0 radical (unpaired) electrons. The van der Waals surface area contributed by atoms with Gasteiger partial charge in [0.15, 0.2) is 5.17 Å². The number of rotatable bonds is 5. The monoisotopic (exact) mass is 227 g/mol. The van der Waals surface area contributed by atoms with Crippen LogP contribution in [0.4, 0.5) is 0 Å². The molecule has 4 heteroatoms. The topological polar surface area (TPSA) is 28.0 Å². The molecule has 0 aliphatic carbocycles. The van der Waals surface area contributed by atoms with E-state index < -0.39 is 0 Å². The average molecular weight is 228 g/mol. The Morgan fingerprint density at radius 3 is 2.40 bits per heavy atom. The van der Waals surface area contributed by atoms with Gasteiger partial charge in [0.1, 0.15) is 11.5 Å². The maximum Gasteiger partial charge on any atom is 0.158 e. The summed E-state index contributed by atoms with van der Waals surface area (Å²) in [6.07, 6.45) is 3.92. The van der Waals surface area contributed by atoms with Gasteiger partial charge in [-0.2, -0.15) is 0 Å². The largest absolute Gasteiger partial charge is 0.376 e. The Labute approximate surface area is 96.5 Å². The molecule has 3 nitrogen and oxygen atoms in total. The summed E-state index contributed by atoms with van der Waals surface area (Å²) in [6, 6.07) is 0. The van der Waals surface area contributed by atoms with Crippen molar-refractivity contribution in [1.82, 2.24) is 4.90 Å². The maximum atomic E-state index is 6.01. The number of nitrogens with zero attached hydrogens (tertiary/aromatic N) is 3. The fourth-order valence-corrected chi connectivity index (χ4v) is 1.57. The van der Waals surface area contributed by atoms with Crippen LogP contribution in [-0.2, 0) is 0 Å². The van der Waals surface area contributed by atoms with E-state index in [9.17, 15) is 0 Å². The van der Waals surface area contributed by atoms with Gasteiger partial charge >= 0.3 is 0 Å². The molecule has 84 valence electrons. The third-order valence-electron chi connectivity index (χ3n) is 2.28. The molecule has 1 rings (SSSR count). The quantitative estimate of drug-likeness (QED) is 0.710. The first kappa shape index (κ1) is 12.2. The molecule has 0 spiro atoms. The molecule has 0 saturated heterocycles. The van der Waals surface area contributed by atoms with E-state index in [4.69, 9.17) is 11.6 Å². The first-order valence-corrected chi connectivity index (χ1v) is 5.87. The minimum absolute atomic E-state index is 0.519. The lowest BCUT2D eigenvalue weighted by Crippen LogP contribution is -2.16. The van der Waals surface area contributed by atoms with Crippen molar-refractivity contribution in [2.75, 3.05) is 13.1 Å². The SMILES string of the molecule is CCCC1=N/C(=C/N(CC)CC)C(Cl)=N1. The van der Waals surface area contributed by atoms with Crippen LogP contribution >= 0.6 is 11.6 Å². The summed E-state index contributed by atoms with van der Waals surface area (Å²) >= 11 is 6.01. The number of amidine groups is 1. The molecule has 15 heavy (non-hydrogen) atoms. The highest BCUT2D eigenvalue weighted by Gasteiger charge is 2.14. The molecule has 0 fully saturated rings. The van der Waals surface area contributed by atoms with E-state index in [1.165, 1.54) is 0 Å². The van der Waals surface area contributed by atoms with E-state index in [1.807, 2.05) is 6.20 Å². The zero-order valence-corrected chi connectivity index (χ0v) is 10.4. The van der Waals surface area contributed by atoms with Crippen molar-refractivity contribution in [3.63, 3.8) is 0 Å². The van der Waals surface area contributed by atoms with Crippen LogP contribution in [0.25, 0.3) is 0 Å². The Morgan fingerprint density at radius 1 is 1.20 bits per heavy atom. The molecule has 1 aliphatic heterocycles. The van der Waals surface area contributed by atoms with E-state index in [0.717, 1.165) is 37.5 Å². The average Bonchev–Trinajstić information content (AvgIpc) is 2.56. The Bertz CT molecular complexity index is 301.